The number of fused-ring (bicyclic) bond motifs is 1. The highest BCUT2D eigenvalue weighted by molar-refractivity contribution is 8.13. The molecule has 17 heavy (non-hydrogen) atoms. The third-order valence-corrected chi connectivity index (χ3v) is 4.27. The average molecular weight is 276 g/mol. The summed E-state index contributed by atoms with van der Waals surface area (Å²) < 4.78 is 22.8. The van der Waals surface area contributed by atoms with Gasteiger partial charge in [-0.25, -0.2) is 8.42 Å². The summed E-state index contributed by atoms with van der Waals surface area (Å²) in [5.41, 5.74) is 1.14. The SMILES string of the molecule is O=[N+]([O-])c1cc2c(c(S(=O)(=O)Cl)c1)CCCC2. The predicted molar refractivity (Wildman–Crippen MR) is 62.8 cm³/mol. The molecule has 0 spiro atoms. The first kappa shape index (κ1) is 12.3. The molecular weight excluding hydrogens is 266 g/mol. The predicted octanol–water partition coefficient (Wildman–Crippen LogP) is 2.40. The van der Waals surface area contributed by atoms with Crippen LogP contribution in [0.3, 0.4) is 0 Å². The van der Waals surface area contributed by atoms with Crippen LogP contribution in [0.4, 0.5) is 5.69 Å². The van der Waals surface area contributed by atoms with Gasteiger partial charge in [0.2, 0.25) is 0 Å². The molecule has 0 fully saturated rings. The van der Waals surface area contributed by atoms with Crippen LogP contribution in [0.1, 0.15) is 24.0 Å². The average Bonchev–Trinajstić information content (AvgIpc) is 2.26. The van der Waals surface area contributed by atoms with E-state index in [9.17, 15) is 18.5 Å². The second-order valence-electron chi connectivity index (χ2n) is 3.98. The van der Waals surface area contributed by atoms with E-state index in [2.05, 4.69) is 0 Å². The number of nitrogens with zero attached hydrogens (tertiary/aromatic N) is 1. The van der Waals surface area contributed by atoms with E-state index in [-0.39, 0.29) is 10.6 Å². The van der Waals surface area contributed by atoms with Gasteiger partial charge in [-0.05, 0) is 36.8 Å². The molecule has 5 nitrogen and oxygen atoms in total. The molecule has 1 aliphatic rings. The lowest BCUT2D eigenvalue weighted by atomic mass is 9.91. The summed E-state index contributed by atoms with van der Waals surface area (Å²) in [7, 11) is 1.39. The highest BCUT2D eigenvalue weighted by atomic mass is 35.7. The van der Waals surface area contributed by atoms with E-state index in [0.717, 1.165) is 24.5 Å². The lowest BCUT2D eigenvalue weighted by molar-refractivity contribution is -0.385. The Kier molecular flexibility index (Phi) is 3.09. The first-order valence-corrected chi connectivity index (χ1v) is 7.45. The van der Waals surface area contributed by atoms with Crippen LogP contribution in [0.15, 0.2) is 17.0 Å². The van der Waals surface area contributed by atoms with Gasteiger partial charge in [0.1, 0.15) is 0 Å². The Morgan fingerprint density at radius 3 is 2.47 bits per heavy atom. The van der Waals surface area contributed by atoms with Gasteiger partial charge in [0.15, 0.2) is 0 Å². The van der Waals surface area contributed by atoms with Gasteiger partial charge in [-0.15, -0.1) is 0 Å². The van der Waals surface area contributed by atoms with Crippen molar-refractivity contribution in [1.82, 2.24) is 0 Å². The molecule has 1 aromatic rings. The van der Waals surface area contributed by atoms with E-state index in [1.54, 1.807) is 0 Å². The van der Waals surface area contributed by atoms with Crippen molar-refractivity contribution in [2.24, 2.45) is 0 Å². The number of rotatable bonds is 2. The van der Waals surface area contributed by atoms with Crippen molar-refractivity contribution in [3.05, 3.63) is 33.4 Å². The minimum atomic E-state index is -3.93. The van der Waals surface area contributed by atoms with Gasteiger partial charge < -0.3 is 0 Å². The highest BCUT2D eigenvalue weighted by Crippen LogP contribution is 2.33. The largest absolute Gasteiger partial charge is 0.271 e. The standard InChI is InChI=1S/C10H10ClNO4S/c11-17(15,16)10-6-8(12(13)14)5-7-3-1-2-4-9(7)10/h5-6H,1-4H2. The summed E-state index contributed by atoms with van der Waals surface area (Å²) in [5.74, 6) is 0. The zero-order chi connectivity index (χ0) is 12.6. The molecule has 0 atom stereocenters. The molecule has 0 N–H and O–H groups in total. The first-order valence-electron chi connectivity index (χ1n) is 5.14. The summed E-state index contributed by atoms with van der Waals surface area (Å²) in [4.78, 5) is 10.0. The van der Waals surface area contributed by atoms with Crippen molar-refractivity contribution in [3.63, 3.8) is 0 Å². The van der Waals surface area contributed by atoms with E-state index in [4.69, 9.17) is 10.7 Å². The monoisotopic (exact) mass is 275 g/mol. The molecule has 0 amide bonds. The van der Waals surface area contributed by atoms with Crippen LogP contribution in [0.2, 0.25) is 0 Å². The number of hydrogen-bond acceptors (Lipinski definition) is 4. The molecule has 0 unspecified atom stereocenters. The Labute approximate surface area is 103 Å². The van der Waals surface area contributed by atoms with Crippen molar-refractivity contribution < 1.29 is 13.3 Å². The highest BCUT2D eigenvalue weighted by Gasteiger charge is 2.25. The Bertz CT molecular complexity index is 582. The maximum atomic E-state index is 11.4. The summed E-state index contributed by atoms with van der Waals surface area (Å²) >= 11 is 0. The third kappa shape index (κ3) is 2.42. The van der Waals surface area contributed by atoms with Gasteiger partial charge in [0.25, 0.3) is 14.7 Å². The number of halogens is 1. The molecule has 7 heteroatoms. The van der Waals surface area contributed by atoms with Crippen molar-refractivity contribution >= 4 is 25.4 Å². The van der Waals surface area contributed by atoms with Gasteiger partial charge in [0.05, 0.1) is 9.82 Å². The molecule has 2 rings (SSSR count). The summed E-state index contributed by atoms with van der Waals surface area (Å²) in [5, 5.41) is 10.7. The minimum Gasteiger partial charge on any atom is -0.258 e. The topological polar surface area (TPSA) is 77.3 Å². The first-order chi connectivity index (χ1) is 7.89. The number of nitro benzene ring substituents is 1. The summed E-state index contributed by atoms with van der Waals surface area (Å²) in [6, 6.07) is 2.49. The molecule has 0 aliphatic heterocycles. The molecule has 0 saturated carbocycles. The number of hydrogen-bond donors (Lipinski definition) is 0. The van der Waals surface area contributed by atoms with Crippen molar-refractivity contribution in [1.29, 1.82) is 0 Å². The molecule has 0 heterocycles. The minimum absolute atomic E-state index is 0.108. The van der Waals surface area contributed by atoms with Crippen LogP contribution in [0.5, 0.6) is 0 Å². The molecular formula is C10H10ClNO4S. The fraction of sp³-hybridized carbons (Fsp3) is 0.400. The zero-order valence-corrected chi connectivity index (χ0v) is 10.4. The van der Waals surface area contributed by atoms with E-state index in [1.165, 1.54) is 6.07 Å². The van der Waals surface area contributed by atoms with Crippen LogP contribution in [-0.4, -0.2) is 13.3 Å². The fourth-order valence-corrected chi connectivity index (χ4v) is 3.34. The Morgan fingerprint density at radius 1 is 1.24 bits per heavy atom. The molecule has 0 aromatic heterocycles. The molecule has 0 bridgehead atoms. The summed E-state index contributed by atoms with van der Waals surface area (Å²) in [6.45, 7) is 0. The molecule has 1 aromatic carbocycles. The normalized spacial score (nSPS) is 15.4. The van der Waals surface area contributed by atoms with Gasteiger partial charge in [-0.1, -0.05) is 0 Å². The smallest absolute Gasteiger partial charge is 0.258 e. The fourth-order valence-electron chi connectivity index (χ4n) is 2.13. The van der Waals surface area contributed by atoms with Crippen molar-refractivity contribution in [3.8, 4) is 0 Å². The van der Waals surface area contributed by atoms with E-state index < -0.39 is 14.0 Å². The Hall–Kier alpha value is -1.14. The van der Waals surface area contributed by atoms with E-state index >= 15 is 0 Å². The quantitative estimate of drug-likeness (QED) is 0.472. The van der Waals surface area contributed by atoms with Crippen LogP contribution in [0, 0.1) is 10.1 Å². The van der Waals surface area contributed by atoms with Crippen molar-refractivity contribution in [2.75, 3.05) is 0 Å². The van der Waals surface area contributed by atoms with Gasteiger partial charge >= 0.3 is 0 Å². The van der Waals surface area contributed by atoms with Gasteiger partial charge in [-0.2, -0.15) is 0 Å². The molecule has 0 saturated heterocycles. The molecule has 92 valence electrons. The number of nitro groups is 1. The Morgan fingerprint density at radius 2 is 1.88 bits per heavy atom. The second-order valence-corrected chi connectivity index (χ2v) is 6.52. The van der Waals surface area contributed by atoms with Crippen molar-refractivity contribution in [2.45, 2.75) is 30.6 Å². The lowest BCUT2D eigenvalue weighted by Gasteiger charge is -2.17. The maximum absolute atomic E-state index is 11.4. The van der Waals surface area contributed by atoms with E-state index in [0.29, 0.717) is 18.4 Å². The van der Waals surface area contributed by atoms with Crippen LogP contribution < -0.4 is 0 Å². The summed E-state index contributed by atoms with van der Waals surface area (Å²) in [6.07, 6.45) is 3.06. The van der Waals surface area contributed by atoms with Crippen LogP contribution in [-0.2, 0) is 21.9 Å². The third-order valence-electron chi connectivity index (χ3n) is 2.88. The molecule has 0 radical (unpaired) electrons. The second kappa shape index (κ2) is 4.27. The molecule has 1 aliphatic carbocycles. The van der Waals surface area contributed by atoms with Gasteiger partial charge in [0, 0.05) is 22.8 Å². The maximum Gasteiger partial charge on any atom is 0.271 e. The Balaban J connectivity index is 2.71. The van der Waals surface area contributed by atoms with Gasteiger partial charge in [-0.3, -0.25) is 10.1 Å². The van der Waals surface area contributed by atoms with Crippen LogP contribution >= 0.6 is 10.7 Å². The van der Waals surface area contributed by atoms with Crippen LogP contribution in [0.25, 0.3) is 0 Å². The number of non-ortho nitro benzene ring substituents is 1. The zero-order valence-electron chi connectivity index (χ0n) is 8.85. The number of aryl methyl sites for hydroxylation is 1. The number of benzene rings is 1. The lowest BCUT2D eigenvalue weighted by Crippen LogP contribution is -2.09. The van der Waals surface area contributed by atoms with E-state index in [1.807, 2.05) is 0 Å².